The number of hydrogen-bond donors (Lipinski definition) is 1. The monoisotopic (exact) mass is 747 g/mol. The molecule has 4 heterocycles. The van der Waals surface area contributed by atoms with Crippen molar-refractivity contribution in [2.75, 3.05) is 43.5 Å². The summed E-state index contributed by atoms with van der Waals surface area (Å²) in [5.41, 5.74) is 14.8. The number of anilines is 2. The predicted molar refractivity (Wildman–Crippen MR) is 212 cm³/mol. The standard InChI is InChI=1S/C43H43Cl2N5O3/c44-32-12-15-34(16-13-32)49(27-31-9-3-4-10-39(31)46)43(52)38-25-41(48-18-6-5-11-40(38)48)37-24-33(45)14-17-36(37)42(51)50-26-30-8-2-1-7-29(30)23-35(50)28-47-19-21-53-22-20-47/h1-4,7-10,12-17,24-25,35H,5-6,11,18-23,26-28,46H2/t35-/m0/s1. The van der Waals surface area contributed by atoms with Crippen molar-refractivity contribution in [1.82, 2.24) is 14.4 Å². The fraction of sp³-hybridized carbons (Fsp3) is 0.302. The van der Waals surface area contributed by atoms with Crippen LogP contribution in [0.4, 0.5) is 11.4 Å². The van der Waals surface area contributed by atoms with Crippen molar-refractivity contribution in [3.05, 3.63) is 141 Å². The number of fused-ring (bicyclic) bond motifs is 2. The molecule has 272 valence electrons. The smallest absolute Gasteiger partial charge is 0.260 e. The number of ether oxygens (including phenoxy) is 1. The first-order valence-electron chi connectivity index (χ1n) is 18.4. The lowest BCUT2D eigenvalue weighted by molar-refractivity contribution is 0.0193. The molecule has 10 heteroatoms. The molecule has 1 fully saturated rings. The Morgan fingerprint density at radius 3 is 2.34 bits per heavy atom. The minimum Gasteiger partial charge on any atom is -0.398 e. The molecule has 8 nitrogen and oxygen atoms in total. The molecule has 2 N–H and O–H groups in total. The second-order valence-electron chi connectivity index (χ2n) is 14.2. The summed E-state index contributed by atoms with van der Waals surface area (Å²) in [6, 6.07) is 30.9. The van der Waals surface area contributed by atoms with E-state index in [0.717, 1.165) is 80.1 Å². The summed E-state index contributed by atoms with van der Waals surface area (Å²) in [7, 11) is 0. The maximum absolute atomic E-state index is 15.0. The summed E-state index contributed by atoms with van der Waals surface area (Å²) >= 11 is 13.0. The first kappa shape index (κ1) is 35.4. The van der Waals surface area contributed by atoms with Crippen LogP contribution in [0.25, 0.3) is 11.3 Å². The highest BCUT2D eigenvalue weighted by atomic mass is 35.5. The number of para-hydroxylation sites is 1. The zero-order valence-corrected chi connectivity index (χ0v) is 31.2. The molecular formula is C43H43Cl2N5O3. The second kappa shape index (κ2) is 15.4. The molecule has 0 unspecified atom stereocenters. The molecule has 0 radical (unpaired) electrons. The quantitative estimate of drug-likeness (QED) is 0.162. The predicted octanol–water partition coefficient (Wildman–Crippen LogP) is 8.13. The van der Waals surface area contributed by atoms with Crippen molar-refractivity contribution in [2.24, 2.45) is 0 Å². The molecule has 1 aromatic heterocycles. The number of carbonyl (C=O) groups excluding carboxylic acids is 2. The molecule has 53 heavy (non-hydrogen) atoms. The summed E-state index contributed by atoms with van der Waals surface area (Å²) in [5, 5.41) is 1.12. The Balaban J connectivity index is 1.19. The number of carbonyl (C=O) groups is 2. The Labute approximate surface area is 320 Å². The van der Waals surface area contributed by atoms with Crippen LogP contribution < -0.4 is 10.6 Å². The number of benzene rings is 4. The van der Waals surface area contributed by atoms with Gasteiger partial charge >= 0.3 is 0 Å². The van der Waals surface area contributed by atoms with Gasteiger partial charge in [0.25, 0.3) is 11.8 Å². The number of rotatable bonds is 8. The lowest BCUT2D eigenvalue weighted by atomic mass is 9.92. The van der Waals surface area contributed by atoms with Crippen LogP contribution in [-0.2, 0) is 37.2 Å². The Hall–Kier alpha value is -4.60. The highest BCUT2D eigenvalue weighted by Gasteiger charge is 2.35. The van der Waals surface area contributed by atoms with Crippen molar-refractivity contribution in [2.45, 2.75) is 51.4 Å². The molecule has 0 saturated carbocycles. The van der Waals surface area contributed by atoms with Crippen molar-refractivity contribution in [1.29, 1.82) is 0 Å². The molecule has 0 bridgehead atoms. The van der Waals surface area contributed by atoms with Crippen LogP contribution in [0, 0.1) is 0 Å². The van der Waals surface area contributed by atoms with E-state index < -0.39 is 0 Å². The maximum Gasteiger partial charge on any atom is 0.260 e. The van der Waals surface area contributed by atoms with Gasteiger partial charge in [-0.15, -0.1) is 0 Å². The Kier molecular flexibility index (Phi) is 10.3. The second-order valence-corrected chi connectivity index (χ2v) is 15.1. The average Bonchev–Trinajstić information content (AvgIpc) is 3.57. The summed E-state index contributed by atoms with van der Waals surface area (Å²) in [4.78, 5) is 36.0. The highest BCUT2D eigenvalue weighted by Crippen LogP contribution is 2.37. The van der Waals surface area contributed by atoms with Gasteiger partial charge < -0.3 is 24.8 Å². The Bertz CT molecular complexity index is 2140. The van der Waals surface area contributed by atoms with Gasteiger partial charge in [-0.1, -0.05) is 65.7 Å². The molecular weight excluding hydrogens is 705 g/mol. The lowest BCUT2D eigenvalue weighted by Crippen LogP contribution is -2.52. The molecule has 3 aliphatic rings. The molecule has 0 aliphatic carbocycles. The van der Waals surface area contributed by atoms with E-state index in [1.54, 1.807) is 23.1 Å². The van der Waals surface area contributed by atoms with Crippen molar-refractivity contribution in [3.8, 4) is 11.3 Å². The normalized spacial score (nSPS) is 17.2. The van der Waals surface area contributed by atoms with Crippen LogP contribution in [0.15, 0.2) is 97.1 Å². The van der Waals surface area contributed by atoms with Crippen LogP contribution in [-0.4, -0.2) is 65.1 Å². The van der Waals surface area contributed by atoms with E-state index in [1.807, 2.05) is 65.6 Å². The first-order valence-corrected chi connectivity index (χ1v) is 19.2. The highest BCUT2D eigenvalue weighted by molar-refractivity contribution is 6.31. The summed E-state index contributed by atoms with van der Waals surface area (Å²) in [6.45, 7) is 5.43. The van der Waals surface area contributed by atoms with E-state index in [1.165, 1.54) is 11.1 Å². The van der Waals surface area contributed by atoms with Gasteiger partial charge in [0, 0.05) is 82.7 Å². The molecule has 2 amide bonds. The van der Waals surface area contributed by atoms with E-state index in [0.29, 0.717) is 46.6 Å². The molecule has 4 aromatic carbocycles. The molecule has 5 aromatic rings. The Morgan fingerprint density at radius 2 is 1.55 bits per heavy atom. The van der Waals surface area contributed by atoms with Crippen LogP contribution in [0.2, 0.25) is 10.0 Å². The van der Waals surface area contributed by atoms with E-state index in [2.05, 4.69) is 27.7 Å². The number of nitrogens with two attached hydrogens (primary N) is 1. The number of aromatic nitrogens is 1. The number of nitrogen functional groups attached to an aromatic ring is 1. The topological polar surface area (TPSA) is 84.0 Å². The number of hydrogen-bond acceptors (Lipinski definition) is 5. The summed E-state index contributed by atoms with van der Waals surface area (Å²) in [5.74, 6) is -0.174. The van der Waals surface area contributed by atoms with E-state index >= 15 is 0 Å². The minimum atomic E-state index is -0.138. The van der Waals surface area contributed by atoms with Crippen LogP contribution in [0.1, 0.15) is 55.9 Å². The summed E-state index contributed by atoms with van der Waals surface area (Å²) in [6.07, 6.45) is 3.47. The fourth-order valence-corrected chi connectivity index (χ4v) is 8.42. The first-order chi connectivity index (χ1) is 25.8. The SMILES string of the molecule is Nc1ccccc1CN(C(=O)c1cc(-c2cc(Cl)ccc2C(=O)N2Cc3ccccc3C[C@H]2CN2CCOCC2)n2c1CCCC2)c1ccc(Cl)cc1. The third-order valence-electron chi connectivity index (χ3n) is 10.9. The zero-order valence-electron chi connectivity index (χ0n) is 29.6. The maximum atomic E-state index is 15.0. The minimum absolute atomic E-state index is 0.00393. The van der Waals surface area contributed by atoms with Gasteiger partial charge in [-0.3, -0.25) is 14.5 Å². The Morgan fingerprint density at radius 1 is 0.811 bits per heavy atom. The summed E-state index contributed by atoms with van der Waals surface area (Å²) < 4.78 is 7.86. The molecule has 8 rings (SSSR count). The molecule has 0 spiro atoms. The van der Waals surface area contributed by atoms with Gasteiger partial charge in [0.15, 0.2) is 0 Å². The average molecular weight is 749 g/mol. The third-order valence-corrected chi connectivity index (χ3v) is 11.4. The number of nitrogens with zero attached hydrogens (tertiary/aromatic N) is 4. The van der Waals surface area contributed by atoms with Crippen molar-refractivity contribution in [3.63, 3.8) is 0 Å². The van der Waals surface area contributed by atoms with Crippen LogP contribution in [0.5, 0.6) is 0 Å². The van der Waals surface area contributed by atoms with Gasteiger partial charge in [-0.05, 0) is 97.0 Å². The van der Waals surface area contributed by atoms with Gasteiger partial charge in [0.2, 0.25) is 0 Å². The molecule has 1 atom stereocenters. The van der Waals surface area contributed by atoms with Gasteiger partial charge in [0.05, 0.1) is 25.3 Å². The van der Waals surface area contributed by atoms with Crippen LogP contribution in [0.3, 0.4) is 0 Å². The number of morpholine rings is 1. The largest absolute Gasteiger partial charge is 0.398 e. The number of halogens is 2. The van der Waals surface area contributed by atoms with Gasteiger partial charge in [-0.25, -0.2) is 0 Å². The number of amides is 2. The fourth-order valence-electron chi connectivity index (χ4n) is 8.12. The third kappa shape index (κ3) is 7.34. The molecule has 3 aliphatic heterocycles. The van der Waals surface area contributed by atoms with Crippen molar-refractivity contribution >= 4 is 46.4 Å². The van der Waals surface area contributed by atoms with Gasteiger partial charge in [0.1, 0.15) is 0 Å². The van der Waals surface area contributed by atoms with E-state index in [4.69, 9.17) is 33.7 Å². The van der Waals surface area contributed by atoms with E-state index in [-0.39, 0.29) is 24.4 Å². The van der Waals surface area contributed by atoms with Crippen LogP contribution >= 0.6 is 23.2 Å². The van der Waals surface area contributed by atoms with Gasteiger partial charge in [-0.2, -0.15) is 0 Å². The lowest BCUT2D eigenvalue weighted by Gasteiger charge is -2.40. The van der Waals surface area contributed by atoms with Crippen molar-refractivity contribution < 1.29 is 14.3 Å². The molecule has 1 saturated heterocycles. The zero-order chi connectivity index (χ0) is 36.5. The van der Waals surface area contributed by atoms with E-state index in [9.17, 15) is 9.59 Å².